The van der Waals surface area contributed by atoms with E-state index in [4.69, 9.17) is 25.9 Å². The van der Waals surface area contributed by atoms with E-state index in [9.17, 15) is 0 Å². The molecule has 0 heterocycles. The van der Waals surface area contributed by atoms with Gasteiger partial charge in [0.2, 0.25) is 5.71 Å². The third kappa shape index (κ3) is 5.37. The second kappa shape index (κ2) is 8.50. The maximum Gasteiger partial charge on any atom is 0.201 e. The fraction of sp³-hybridized carbons (Fsp3) is 0.308. The molecule has 7 heteroatoms. The van der Waals surface area contributed by atoms with E-state index >= 15 is 0 Å². The predicted molar refractivity (Wildman–Crippen MR) is 77.0 cm³/mol. The van der Waals surface area contributed by atoms with Gasteiger partial charge >= 0.3 is 0 Å². The van der Waals surface area contributed by atoms with Gasteiger partial charge in [0.05, 0.1) is 12.3 Å². The van der Waals surface area contributed by atoms with Crippen LogP contribution in [0, 0.1) is 16.7 Å². The van der Waals surface area contributed by atoms with Crippen molar-refractivity contribution >= 4 is 17.2 Å². The highest BCUT2D eigenvalue weighted by Gasteiger charge is 2.01. The van der Waals surface area contributed by atoms with Gasteiger partial charge < -0.3 is 15.2 Å². The maximum absolute atomic E-state index is 8.69. The van der Waals surface area contributed by atoms with E-state index in [2.05, 4.69) is 10.5 Å². The number of nitrogens with zero attached hydrogens (tertiary/aromatic N) is 2. The number of hydrogen-bond acceptors (Lipinski definition) is 6. The van der Waals surface area contributed by atoms with Gasteiger partial charge in [-0.2, -0.15) is 10.4 Å². The molecule has 0 fully saturated rings. The smallest absolute Gasteiger partial charge is 0.201 e. The molecule has 0 spiro atoms. The second-order valence-corrected chi connectivity index (χ2v) is 3.67. The summed E-state index contributed by atoms with van der Waals surface area (Å²) in [6.45, 7) is 3.63. The summed E-state index contributed by atoms with van der Waals surface area (Å²) in [6, 6.07) is 8.75. The second-order valence-electron chi connectivity index (χ2n) is 3.67. The lowest BCUT2D eigenvalue weighted by Gasteiger charge is -2.07. The van der Waals surface area contributed by atoms with Crippen molar-refractivity contribution in [3.8, 4) is 11.8 Å². The number of rotatable bonds is 8. The molecule has 0 saturated heterocycles. The van der Waals surface area contributed by atoms with Crippen molar-refractivity contribution in [2.24, 2.45) is 10.8 Å². The average molecular weight is 275 g/mol. The molecular formula is C13H17N5O2. The highest BCUT2D eigenvalue weighted by molar-refractivity contribution is 6.45. The molecule has 0 amide bonds. The van der Waals surface area contributed by atoms with E-state index in [0.717, 1.165) is 0 Å². The molecule has 0 aliphatic carbocycles. The van der Waals surface area contributed by atoms with E-state index in [1.807, 2.05) is 6.92 Å². The fourth-order valence-electron chi connectivity index (χ4n) is 1.25. The van der Waals surface area contributed by atoms with Crippen molar-refractivity contribution in [3.63, 3.8) is 0 Å². The van der Waals surface area contributed by atoms with E-state index in [1.165, 1.54) is 0 Å². The minimum absolute atomic E-state index is 0.165. The summed E-state index contributed by atoms with van der Waals surface area (Å²) in [6.07, 6.45) is 0. The molecule has 0 radical (unpaired) electrons. The standard InChI is InChI=1S/C13H17N5O2/c1-2-19-7-8-20-11-5-3-10(4-6-11)17-18-12(9-14)13(15)16/h3-6,17H,2,7-8H2,1H3,(H3,15,16)/b18-12+. The zero-order valence-corrected chi connectivity index (χ0v) is 11.2. The molecule has 20 heavy (non-hydrogen) atoms. The van der Waals surface area contributed by atoms with Gasteiger partial charge in [0.15, 0.2) is 5.84 Å². The molecule has 7 nitrogen and oxygen atoms in total. The number of nitrogens with one attached hydrogen (secondary N) is 2. The number of ether oxygens (including phenoxy) is 2. The third-order valence-electron chi connectivity index (χ3n) is 2.21. The molecule has 0 aromatic heterocycles. The molecule has 4 N–H and O–H groups in total. The van der Waals surface area contributed by atoms with Crippen LogP contribution in [0.1, 0.15) is 6.92 Å². The molecule has 1 aromatic rings. The highest BCUT2D eigenvalue weighted by Crippen LogP contribution is 2.15. The zero-order chi connectivity index (χ0) is 14.8. The average Bonchev–Trinajstić information content (AvgIpc) is 2.45. The molecule has 0 aliphatic rings. The Hall–Kier alpha value is -2.59. The number of hydrogen-bond donors (Lipinski definition) is 3. The molecule has 0 aliphatic heterocycles. The summed E-state index contributed by atoms with van der Waals surface area (Å²) in [4.78, 5) is 0. The van der Waals surface area contributed by atoms with Crippen molar-refractivity contribution < 1.29 is 9.47 Å². The van der Waals surface area contributed by atoms with E-state index < -0.39 is 0 Å². The van der Waals surface area contributed by atoms with Gasteiger partial charge in [-0.25, -0.2) is 0 Å². The fourth-order valence-corrected chi connectivity index (χ4v) is 1.25. The molecule has 1 aromatic carbocycles. The monoisotopic (exact) mass is 275 g/mol. The molecule has 106 valence electrons. The Balaban J connectivity index is 2.50. The molecule has 0 atom stereocenters. The van der Waals surface area contributed by atoms with Gasteiger partial charge in [0.25, 0.3) is 0 Å². The van der Waals surface area contributed by atoms with Gasteiger partial charge in [-0.05, 0) is 31.2 Å². The maximum atomic E-state index is 8.69. The Morgan fingerprint density at radius 3 is 2.65 bits per heavy atom. The van der Waals surface area contributed by atoms with Crippen LogP contribution in [0.2, 0.25) is 0 Å². The first-order valence-corrected chi connectivity index (χ1v) is 6.06. The van der Waals surface area contributed by atoms with Gasteiger partial charge in [-0.15, -0.1) is 0 Å². The first-order valence-electron chi connectivity index (χ1n) is 6.06. The SMILES string of the molecule is CCOCCOc1ccc(N/N=C(\C#N)C(=N)N)cc1. The topological polar surface area (TPSA) is 117 Å². The lowest BCUT2D eigenvalue weighted by Crippen LogP contribution is -2.21. The van der Waals surface area contributed by atoms with Crippen molar-refractivity contribution in [1.29, 1.82) is 10.7 Å². The number of nitriles is 1. The van der Waals surface area contributed by atoms with Crippen LogP contribution in [0.3, 0.4) is 0 Å². The Morgan fingerprint density at radius 1 is 1.40 bits per heavy atom. The number of anilines is 1. The molecule has 0 unspecified atom stereocenters. The van der Waals surface area contributed by atoms with Crippen LogP contribution in [-0.4, -0.2) is 31.4 Å². The quantitative estimate of drug-likeness (QED) is 0.286. The van der Waals surface area contributed by atoms with Crippen LogP contribution in [-0.2, 0) is 4.74 Å². The Labute approximate surface area is 117 Å². The van der Waals surface area contributed by atoms with Crippen molar-refractivity contribution in [3.05, 3.63) is 24.3 Å². The van der Waals surface area contributed by atoms with Gasteiger partial charge in [-0.1, -0.05) is 0 Å². The van der Waals surface area contributed by atoms with Crippen molar-refractivity contribution in [2.45, 2.75) is 6.92 Å². The minimum atomic E-state index is -0.379. The molecule has 0 bridgehead atoms. The van der Waals surface area contributed by atoms with Crippen LogP contribution in [0.25, 0.3) is 0 Å². The summed E-state index contributed by atoms with van der Waals surface area (Å²) in [5.74, 6) is 0.335. The van der Waals surface area contributed by atoms with Crippen LogP contribution >= 0.6 is 0 Å². The van der Waals surface area contributed by atoms with Gasteiger partial charge in [0, 0.05) is 6.61 Å². The zero-order valence-electron chi connectivity index (χ0n) is 11.2. The summed E-state index contributed by atoms with van der Waals surface area (Å²) in [5.41, 5.74) is 8.32. The van der Waals surface area contributed by atoms with E-state index in [1.54, 1.807) is 30.3 Å². The number of amidine groups is 1. The lowest BCUT2D eigenvalue weighted by molar-refractivity contribution is 0.110. The van der Waals surface area contributed by atoms with Crippen LogP contribution in [0.5, 0.6) is 5.75 Å². The molecule has 0 saturated carbocycles. The summed E-state index contributed by atoms with van der Waals surface area (Å²) < 4.78 is 10.6. The van der Waals surface area contributed by atoms with Gasteiger partial charge in [0.1, 0.15) is 18.4 Å². The third-order valence-corrected chi connectivity index (χ3v) is 2.21. The largest absolute Gasteiger partial charge is 0.491 e. The number of benzene rings is 1. The van der Waals surface area contributed by atoms with Crippen LogP contribution < -0.4 is 15.9 Å². The first kappa shape index (κ1) is 15.5. The van der Waals surface area contributed by atoms with Crippen molar-refractivity contribution in [2.75, 3.05) is 25.2 Å². The van der Waals surface area contributed by atoms with E-state index in [-0.39, 0.29) is 11.5 Å². The van der Waals surface area contributed by atoms with E-state index in [0.29, 0.717) is 31.3 Å². The Kier molecular flexibility index (Phi) is 6.57. The normalized spacial score (nSPS) is 10.7. The van der Waals surface area contributed by atoms with Crippen LogP contribution in [0.4, 0.5) is 5.69 Å². The van der Waals surface area contributed by atoms with Crippen molar-refractivity contribution in [1.82, 2.24) is 0 Å². The Morgan fingerprint density at radius 2 is 2.10 bits per heavy atom. The summed E-state index contributed by atoms with van der Waals surface area (Å²) >= 11 is 0. The van der Waals surface area contributed by atoms with Gasteiger partial charge in [-0.3, -0.25) is 10.8 Å². The summed E-state index contributed by atoms with van der Waals surface area (Å²) in [7, 11) is 0. The molecule has 1 rings (SSSR count). The highest BCUT2D eigenvalue weighted by atomic mass is 16.5. The number of nitrogens with two attached hydrogens (primary N) is 1. The Bertz CT molecular complexity index is 504. The lowest BCUT2D eigenvalue weighted by atomic mass is 10.3. The number of hydrazone groups is 1. The summed E-state index contributed by atoms with van der Waals surface area (Å²) in [5, 5.41) is 19.5. The van der Waals surface area contributed by atoms with Crippen LogP contribution in [0.15, 0.2) is 29.4 Å². The first-order chi connectivity index (χ1) is 9.67. The minimum Gasteiger partial charge on any atom is -0.491 e. The molecular weight excluding hydrogens is 258 g/mol. The predicted octanol–water partition coefficient (Wildman–Crippen LogP) is 1.33.